The molecule has 0 radical (unpaired) electrons. The average molecular weight is 332 g/mol. The Hall–Kier alpha value is -0.0400. The van der Waals surface area contributed by atoms with Gasteiger partial charge in [-0.3, -0.25) is 0 Å². The van der Waals surface area contributed by atoms with E-state index in [9.17, 15) is 8.42 Å². The zero-order valence-electron chi connectivity index (χ0n) is 9.56. The molecule has 0 spiro atoms. The van der Waals surface area contributed by atoms with E-state index in [1.807, 2.05) is 0 Å². The van der Waals surface area contributed by atoms with E-state index < -0.39 is 10.0 Å². The topological polar surface area (TPSA) is 49.4 Å². The smallest absolute Gasteiger partial charge is 0.244 e. The number of benzene rings is 1. The second kappa shape index (κ2) is 5.94. The molecule has 0 bridgehead atoms. The van der Waals surface area contributed by atoms with Gasteiger partial charge in [0, 0.05) is 26.2 Å². The van der Waals surface area contributed by atoms with Crippen LogP contribution in [0.5, 0.6) is 0 Å². The van der Waals surface area contributed by atoms with Gasteiger partial charge in [-0.2, -0.15) is 4.31 Å². The highest BCUT2D eigenvalue weighted by atomic mass is 35.5. The molecule has 0 amide bonds. The molecule has 0 aliphatic carbocycles. The van der Waals surface area contributed by atoms with Crippen LogP contribution in [0.1, 0.15) is 0 Å². The fraction of sp³-hybridized carbons (Fsp3) is 0.400. The first-order valence-electron chi connectivity index (χ1n) is 5.07. The molecule has 1 aliphatic rings. The lowest BCUT2D eigenvalue weighted by molar-refractivity contribution is 0.274. The number of hydrogen-bond acceptors (Lipinski definition) is 3. The lowest BCUT2D eigenvalue weighted by atomic mass is 10.2. The van der Waals surface area contributed by atoms with Gasteiger partial charge < -0.3 is 5.32 Å². The van der Waals surface area contributed by atoms with E-state index in [-0.39, 0.29) is 33.4 Å². The van der Waals surface area contributed by atoms with Crippen molar-refractivity contribution in [3.05, 3.63) is 28.2 Å². The minimum absolute atomic E-state index is 0. The molecule has 0 saturated carbocycles. The molecule has 0 aromatic heterocycles. The lowest BCUT2D eigenvalue weighted by Crippen LogP contribution is -2.57. The average Bonchev–Trinajstić information content (AvgIpc) is 2.19. The van der Waals surface area contributed by atoms with E-state index in [1.165, 1.54) is 10.4 Å². The van der Waals surface area contributed by atoms with E-state index >= 15 is 0 Å². The van der Waals surface area contributed by atoms with Gasteiger partial charge in [0.15, 0.2) is 0 Å². The molecule has 1 aromatic rings. The van der Waals surface area contributed by atoms with Crippen molar-refractivity contribution in [2.75, 3.05) is 20.1 Å². The van der Waals surface area contributed by atoms with Gasteiger partial charge in [0.2, 0.25) is 10.0 Å². The monoisotopic (exact) mass is 330 g/mol. The number of likely N-dealkylation sites (N-methyl/N-ethyl adjacent to an activating group) is 1. The molecule has 1 N–H and O–H groups in total. The van der Waals surface area contributed by atoms with Crippen LogP contribution in [0.2, 0.25) is 10.0 Å². The summed E-state index contributed by atoms with van der Waals surface area (Å²) in [4.78, 5) is 0.0565. The second-order valence-corrected chi connectivity index (χ2v) is 6.64. The molecule has 2 rings (SSSR count). The normalized spacial score (nSPS) is 16.2. The number of halogens is 3. The summed E-state index contributed by atoms with van der Waals surface area (Å²) in [7, 11) is -2.02. The van der Waals surface area contributed by atoms with Gasteiger partial charge in [-0.05, 0) is 12.1 Å². The summed E-state index contributed by atoms with van der Waals surface area (Å²) in [5.74, 6) is 0. The Morgan fingerprint density at radius 2 is 1.94 bits per heavy atom. The Morgan fingerprint density at radius 3 is 2.44 bits per heavy atom. The fourth-order valence-corrected chi connectivity index (χ4v) is 3.65. The minimum atomic E-state index is -3.58. The van der Waals surface area contributed by atoms with Crippen LogP contribution < -0.4 is 5.32 Å². The third-order valence-corrected chi connectivity index (χ3v) is 5.73. The van der Waals surface area contributed by atoms with Crippen molar-refractivity contribution in [2.24, 2.45) is 0 Å². The molecular weight excluding hydrogens is 319 g/mol. The number of sulfonamides is 1. The molecule has 0 unspecified atom stereocenters. The van der Waals surface area contributed by atoms with Crippen molar-refractivity contribution < 1.29 is 8.42 Å². The second-order valence-electron chi connectivity index (χ2n) is 3.89. The van der Waals surface area contributed by atoms with Crippen molar-refractivity contribution in [2.45, 2.75) is 10.9 Å². The van der Waals surface area contributed by atoms with E-state index in [4.69, 9.17) is 23.2 Å². The summed E-state index contributed by atoms with van der Waals surface area (Å²) in [5.41, 5.74) is 0. The number of rotatable bonds is 3. The van der Waals surface area contributed by atoms with Crippen LogP contribution in [0, 0.1) is 0 Å². The van der Waals surface area contributed by atoms with Crippen LogP contribution >= 0.6 is 35.6 Å². The third kappa shape index (κ3) is 2.76. The van der Waals surface area contributed by atoms with Crippen molar-refractivity contribution in [1.29, 1.82) is 0 Å². The zero-order valence-corrected chi connectivity index (χ0v) is 12.7. The molecule has 1 aromatic carbocycles. The van der Waals surface area contributed by atoms with Gasteiger partial charge in [0.05, 0.1) is 10.0 Å². The van der Waals surface area contributed by atoms with E-state index in [1.54, 1.807) is 19.2 Å². The van der Waals surface area contributed by atoms with Crippen LogP contribution in [0.3, 0.4) is 0 Å². The Labute approximate surface area is 123 Å². The van der Waals surface area contributed by atoms with Crippen LogP contribution in [0.15, 0.2) is 23.1 Å². The highest BCUT2D eigenvalue weighted by Gasteiger charge is 2.33. The molecule has 18 heavy (non-hydrogen) atoms. The van der Waals surface area contributed by atoms with Crippen molar-refractivity contribution >= 4 is 45.6 Å². The van der Waals surface area contributed by atoms with Crippen molar-refractivity contribution in [1.82, 2.24) is 9.62 Å². The van der Waals surface area contributed by atoms with Crippen LogP contribution in [0.4, 0.5) is 0 Å². The Balaban J connectivity index is 0.00000162. The molecule has 0 atom stereocenters. The third-order valence-electron chi connectivity index (χ3n) is 2.85. The lowest BCUT2D eigenvalue weighted by Gasteiger charge is -2.34. The number of hydrogen-bond donors (Lipinski definition) is 1. The maximum absolute atomic E-state index is 12.3. The largest absolute Gasteiger partial charge is 0.313 e. The Kier molecular flexibility index (Phi) is 5.29. The first kappa shape index (κ1) is 16.0. The summed E-state index contributed by atoms with van der Waals surface area (Å²) >= 11 is 11.8. The first-order chi connectivity index (χ1) is 7.94. The predicted octanol–water partition coefficient (Wildman–Crippen LogP) is 2.01. The van der Waals surface area contributed by atoms with E-state index in [0.29, 0.717) is 13.1 Å². The van der Waals surface area contributed by atoms with E-state index in [0.717, 1.165) is 0 Å². The van der Waals surface area contributed by atoms with Crippen LogP contribution in [0.25, 0.3) is 0 Å². The number of nitrogens with one attached hydrogen (secondary N) is 1. The van der Waals surface area contributed by atoms with Gasteiger partial charge in [-0.15, -0.1) is 12.4 Å². The van der Waals surface area contributed by atoms with Crippen LogP contribution in [-0.2, 0) is 10.0 Å². The maximum Gasteiger partial charge on any atom is 0.244 e. The fourth-order valence-electron chi connectivity index (χ4n) is 1.57. The zero-order chi connectivity index (χ0) is 12.6. The number of nitrogens with zero attached hydrogens (tertiary/aromatic N) is 1. The first-order valence-corrected chi connectivity index (χ1v) is 7.27. The standard InChI is InChI=1S/C10H12Cl2N2O2S.ClH/c1-14(7-5-13-6-7)17(15,16)9-4-2-3-8(11)10(9)12;/h2-4,7,13H,5-6H2,1H3;1H. The summed E-state index contributed by atoms with van der Waals surface area (Å²) in [6.45, 7) is 1.32. The maximum atomic E-state index is 12.3. The molecule has 1 saturated heterocycles. The minimum Gasteiger partial charge on any atom is -0.313 e. The summed E-state index contributed by atoms with van der Waals surface area (Å²) in [6.07, 6.45) is 0. The molecule has 8 heteroatoms. The van der Waals surface area contributed by atoms with Crippen molar-refractivity contribution in [3.63, 3.8) is 0 Å². The quantitative estimate of drug-likeness (QED) is 0.922. The SMILES string of the molecule is CN(C1CNC1)S(=O)(=O)c1cccc(Cl)c1Cl.Cl. The highest BCUT2D eigenvalue weighted by molar-refractivity contribution is 7.89. The molecular formula is C10H13Cl3N2O2S. The van der Waals surface area contributed by atoms with E-state index in [2.05, 4.69) is 5.32 Å². The van der Waals surface area contributed by atoms with Gasteiger partial charge in [-0.25, -0.2) is 8.42 Å². The van der Waals surface area contributed by atoms with Crippen molar-refractivity contribution in [3.8, 4) is 0 Å². The Morgan fingerprint density at radius 1 is 1.33 bits per heavy atom. The Bertz CT molecular complexity index is 532. The van der Waals surface area contributed by atoms with Crippen LogP contribution in [-0.4, -0.2) is 38.9 Å². The summed E-state index contributed by atoms with van der Waals surface area (Å²) < 4.78 is 25.9. The summed E-state index contributed by atoms with van der Waals surface area (Å²) in [6, 6.07) is 4.59. The van der Waals surface area contributed by atoms with Gasteiger partial charge in [0.25, 0.3) is 0 Å². The summed E-state index contributed by atoms with van der Waals surface area (Å²) in [5, 5.41) is 3.35. The van der Waals surface area contributed by atoms with Gasteiger partial charge in [0.1, 0.15) is 4.90 Å². The molecule has 1 heterocycles. The molecule has 1 fully saturated rings. The molecule has 1 aliphatic heterocycles. The van der Waals surface area contributed by atoms with Gasteiger partial charge >= 0.3 is 0 Å². The van der Waals surface area contributed by atoms with Gasteiger partial charge in [-0.1, -0.05) is 29.3 Å². The predicted molar refractivity (Wildman–Crippen MR) is 75.3 cm³/mol. The molecule has 4 nitrogen and oxygen atoms in total. The highest BCUT2D eigenvalue weighted by Crippen LogP contribution is 2.31. The molecule has 102 valence electrons.